The third-order valence-corrected chi connectivity index (χ3v) is 7.89. The summed E-state index contributed by atoms with van der Waals surface area (Å²) in [6, 6.07) is 0. The molecule has 1 aliphatic heterocycles. The molecule has 1 saturated heterocycles. The number of hydrogen-bond donors (Lipinski definition) is 0. The van der Waals surface area contributed by atoms with Crippen molar-refractivity contribution in [3.05, 3.63) is 32.5 Å². The molecule has 0 unspecified atom stereocenters. The van der Waals surface area contributed by atoms with Crippen LogP contribution in [0.15, 0.2) is 14.5 Å². The van der Waals surface area contributed by atoms with Crippen LogP contribution < -0.4 is 5.56 Å². The van der Waals surface area contributed by atoms with Gasteiger partial charge in [-0.2, -0.15) is 4.98 Å². The monoisotopic (exact) mass is 432 g/mol. The lowest BCUT2D eigenvalue weighted by atomic mass is 9.97. The lowest BCUT2D eigenvalue weighted by molar-refractivity contribution is 0.0937. The van der Waals surface area contributed by atoms with Crippen LogP contribution in [-0.4, -0.2) is 32.4 Å². The molecule has 0 spiro atoms. The van der Waals surface area contributed by atoms with Crippen molar-refractivity contribution in [1.29, 1.82) is 0 Å². The molecule has 1 fully saturated rings. The van der Waals surface area contributed by atoms with Crippen molar-refractivity contribution >= 4 is 33.3 Å². The number of aromatic nitrogens is 4. The zero-order chi connectivity index (χ0) is 20.0. The first-order valence-corrected chi connectivity index (χ1v) is 11.9. The van der Waals surface area contributed by atoms with Crippen molar-refractivity contribution in [1.82, 2.24) is 19.7 Å². The van der Waals surface area contributed by atoms with Crippen LogP contribution >= 0.6 is 23.1 Å². The van der Waals surface area contributed by atoms with Gasteiger partial charge in [-0.05, 0) is 57.9 Å². The van der Waals surface area contributed by atoms with Gasteiger partial charge in [-0.25, -0.2) is 4.98 Å². The highest BCUT2D eigenvalue weighted by Crippen LogP contribution is 2.37. The molecule has 2 aliphatic rings. The van der Waals surface area contributed by atoms with E-state index in [1.54, 1.807) is 18.3 Å². The number of rotatable bonds is 5. The Morgan fingerprint density at radius 3 is 2.90 bits per heavy atom. The molecule has 2 atom stereocenters. The van der Waals surface area contributed by atoms with Gasteiger partial charge in [0, 0.05) is 11.5 Å². The van der Waals surface area contributed by atoms with E-state index in [2.05, 4.69) is 10.1 Å². The average molecular weight is 433 g/mol. The molecule has 1 aliphatic carbocycles. The molecule has 0 saturated carbocycles. The summed E-state index contributed by atoms with van der Waals surface area (Å²) in [5.41, 5.74) is 1.30. The number of thiophene rings is 1. The molecule has 5 rings (SSSR count). The first kappa shape index (κ1) is 19.3. The van der Waals surface area contributed by atoms with Crippen LogP contribution in [0.3, 0.4) is 0 Å². The predicted octanol–water partition coefficient (Wildman–Crippen LogP) is 4.06. The molecule has 0 N–H and O–H groups in total. The first-order chi connectivity index (χ1) is 14.1. The minimum atomic E-state index is -0.0918. The molecule has 4 heterocycles. The van der Waals surface area contributed by atoms with E-state index in [0.717, 1.165) is 48.9 Å². The van der Waals surface area contributed by atoms with Gasteiger partial charge in [0.15, 0.2) is 11.0 Å². The zero-order valence-corrected chi connectivity index (χ0v) is 18.3. The molecule has 7 nitrogen and oxygen atoms in total. The molecular weight excluding hydrogens is 408 g/mol. The van der Waals surface area contributed by atoms with Gasteiger partial charge in [0.2, 0.25) is 5.89 Å². The van der Waals surface area contributed by atoms with Crippen LogP contribution in [0.2, 0.25) is 0 Å². The van der Waals surface area contributed by atoms with Gasteiger partial charge < -0.3 is 9.26 Å². The lowest BCUT2D eigenvalue weighted by Gasteiger charge is -2.17. The molecular formula is C20H24N4O3S2. The van der Waals surface area contributed by atoms with Crippen molar-refractivity contribution in [3.63, 3.8) is 0 Å². The predicted molar refractivity (Wildman–Crippen MR) is 113 cm³/mol. The minimum absolute atomic E-state index is 0.0707. The van der Waals surface area contributed by atoms with Crippen molar-refractivity contribution in [3.8, 4) is 0 Å². The summed E-state index contributed by atoms with van der Waals surface area (Å²) in [4.78, 5) is 25.1. The lowest BCUT2D eigenvalue weighted by Crippen LogP contribution is -2.29. The van der Waals surface area contributed by atoms with Crippen LogP contribution in [0.25, 0.3) is 10.2 Å². The smallest absolute Gasteiger partial charge is 0.263 e. The topological polar surface area (TPSA) is 83.0 Å². The van der Waals surface area contributed by atoms with Crippen LogP contribution in [-0.2, 0) is 24.1 Å². The number of fused-ring (bicyclic) bond motifs is 3. The quantitative estimate of drug-likeness (QED) is 0.444. The second-order valence-corrected chi connectivity index (χ2v) is 10.2. The average Bonchev–Trinajstić information content (AvgIpc) is 3.44. The van der Waals surface area contributed by atoms with Gasteiger partial charge in [-0.1, -0.05) is 16.9 Å². The van der Waals surface area contributed by atoms with E-state index in [0.29, 0.717) is 23.4 Å². The van der Waals surface area contributed by atoms with Crippen molar-refractivity contribution < 1.29 is 9.26 Å². The Labute approximate surface area is 176 Å². The summed E-state index contributed by atoms with van der Waals surface area (Å²) < 4.78 is 13.0. The van der Waals surface area contributed by atoms with Crippen LogP contribution in [0.5, 0.6) is 0 Å². The molecule has 29 heavy (non-hydrogen) atoms. The minimum Gasteiger partial charge on any atom is -0.376 e. The van der Waals surface area contributed by atoms with E-state index in [9.17, 15) is 4.79 Å². The van der Waals surface area contributed by atoms with Gasteiger partial charge in [-0.3, -0.25) is 9.36 Å². The van der Waals surface area contributed by atoms with Gasteiger partial charge in [0.1, 0.15) is 4.83 Å². The standard InChI is InChI=1S/C20H24N4O3S2/c1-11(17-21-12(2)23-27-17)28-20-22-18-16(14-7-3-4-8-15(14)29-18)19(25)24(20)10-13-6-5-9-26-13/h11,13H,3-10H2,1-2H3/t11-,13-/m0/s1. The highest BCUT2D eigenvalue weighted by molar-refractivity contribution is 7.99. The van der Waals surface area contributed by atoms with Gasteiger partial charge >= 0.3 is 0 Å². The third kappa shape index (κ3) is 3.64. The van der Waals surface area contributed by atoms with E-state index >= 15 is 0 Å². The molecule has 0 amide bonds. The third-order valence-electron chi connectivity index (χ3n) is 5.62. The fourth-order valence-corrected chi connectivity index (χ4v) is 6.40. The second kappa shape index (κ2) is 7.85. The highest BCUT2D eigenvalue weighted by atomic mass is 32.2. The van der Waals surface area contributed by atoms with Crippen LogP contribution in [0.1, 0.15) is 60.0 Å². The largest absolute Gasteiger partial charge is 0.376 e. The number of hydrogen-bond acceptors (Lipinski definition) is 8. The summed E-state index contributed by atoms with van der Waals surface area (Å²) in [5, 5.41) is 5.33. The second-order valence-electron chi connectivity index (χ2n) is 7.78. The molecule has 3 aromatic heterocycles. The van der Waals surface area contributed by atoms with Gasteiger partial charge in [-0.15, -0.1) is 11.3 Å². The summed E-state index contributed by atoms with van der Waals surface area (Å²) in [5.74, 6) is 1.16. The van der Waals surface area contributed by atoms with E-state index in [4.69, 9.17) is 14.2 Å². The van der Waals surface area contributed by atoms with Crippen molar-refractivity contribution in [2.45, 2.75) is 75.4 Å². The maximum absolute atomic E-state index is 13.6. The SMILES string of the molecule is Cc1noc([C@H](C)Sc2nc3sc4c(c3c(=O)n2C[C@@H]2CCCO2)CCCC4)n1. The number of aryl methyl sites for hydroxylation is 3. The summed E-state index contributed by atoms with van der Waals surface area (Å²) in [6.45, 7) is 5.12. The van der Waals surface area contributed by atoms with E-state index < -0.39 is 0 Å². The maximum Gasteiger partial charge on any atom is 0.263 e. The normalized spacial score (nSPS) is 20.3. The van der Waals surface area contributed by atoms with E-state index in [1.165, 1.54) is 28.6 Å². The Morgan fingerprint density at radius 2 is 2.14 bits per heavy atom. The maximum atomic E-state index is 13.6. The zero-order valence-electron chi connectivity index (χ0n) is 16.6. The fourth-order valence-electron chi connectivity index (χ4n) is 4.15. The molecule has 9 heteroatoms. The highest BCUT2D eigenvalue weighted by Gasteiger charge is 2.26. The Bertz CT molecular complexity index is 1100. The Morgan fingerprint density at radius 1 is 1.28 bits per heavy atom. The summed E-state index contributed by atoms with van der Waals surface area (Å²) in [7, 11) is 0. The van der Waals surface area contributed by atoms with Crippen LogP contribution in [0.4, 0.5) is 0 Å². The van der Waals surface area contributed by atoms with Crippen molar-refractivity contribution in [2.24, 2.45) is 0 Å². The summed E-state index contributed by atoms with van der Waals surface area (Å²) in [6.07, 6.45) is 6.48. The van der Waals surface area contributed by atoms with Gasteiger partial charge in [0.25, 0.3) is 5.56 Å². The Kier molecular flexibility index (Phi) is 5.21. The summed E-state index contributed by atoms with van der Waals surface area (Å²) >= 11 is 3.19. The number of ether oxygens (including phenoxy) is 1. The van der Waals surface area contributed by atoms with Crippen LogP contribution in [0, 0.1) is 6.92 Å². The molecule has 0 bridgehead atoms. The Hall–Kier alpha value is -1.71. The van der Waals surface area contributed by atoms with E-state index in [1.807, 2.05) is 11.5 Å². The molecule has 3 aromatic rings. The molecule has 0 aromatic carbocycles. The molecule has 0 radical (unpaired) electrons. The first-order valence-electron chi connectivity index (χ1n) is 10.2. The van der Waals surface area contributed by atoms with E-state index in [-0.39, 0.29) is 16.9 Å². The Balaban J connectivity index is 1.59. The number of thioether (sulfide) groups is 1. The van der Waals surface area contributed by atoms with Gasteiger partial charge in [0.05, 0.1) is 23.3 Å². The number of nitrogens with zero attached hydrogens (tertiary/aromatic N) is 4. The fraction of sp³-hybridized carbons (Fsp3) is 0.600. The van der Waals surface area contributed by atoms with Crippen molar-refractivity contribution in [2.75, 3.05) is 6.61 Å². The molecule has 154 valence electrons.